The summed E-state index contributed by atoms with van der Waals surface area (Å²) in [6.45, 7) is 0. The third-order valence-electron chi connectivity index (χ3n) is 9.11. The van der Waals surface area contributed by atoms with E-state index in [9.17, 15) is 0 Å². The predicted octanol–water partition coefficient (Wildman–Crippen LogP) is 11.2. The van der Waals surface area contributed by atoms with Gasteiger partial charge in [-0.25, -0.2) is 0 Å². The zero-order valence-corrected chi connectivity index (χ0v) is 22.6. The topological polar surface area (TPSA) is 18.1 Å². The number of rotatable bonds is 2. The third kappa shape index (κ3) is 2.83. The summed E-state index contributed by atoms with van der Waals surface area (Å²) in [5.41, 5.74) is 12.9. The molecule has 0 atom stereocenters. The largest absolute Gasteiger partial charge is 0.456 e. The fourth-order valence-corrected chi connectivity index (χ4v) is 7.33. The van der Waals surface area contributed by atoms with E-state index in [0.29, 0.717) is 0 Å². The van der Waals surface area contributed by atoms with Crippen LogP contribution >= 0.6 is 0 Å². The Morgan fingerprint density at radius 1 is 0.405 bits per heavy atom. The van der Waals surface area contributed by atoms with Crippen LogP contribution in [0.2, 0.25) is 0 Å². The normalized spacial score (nSPS) is 12.3. The van der Waals surface area contributed by atoms with E-state index in [-0.39, 0.29) is 0 Å². The fraction of sp³-hybridized carbons (Fsp3) is 0. The van der Waals surface area contributed by atoms with Gasteiger partial charge in [-0.15, -0.1) is 0 Å². The van der Waals surface area contributed by atoms with Crippen LogP contribution in [0.4, 0.5) is 0 Å². The van der Waals surface area contributed by atoms with E-state index >= 15 is 0 Å². The molecule has 7 aromatic carbocycles. The first kappa shape index (κ1) is 22.1. The molecule has 0 aliphatic heterocycles. The van der Waals surface area contributed by atoms with Crippen molar-refractivity contribution in [3.63, 3.8) is 0 Å². The van der Waals surface area contributed by atoms with E-state index in [1.54, 1.807) is 0 Å². The van der Waals surface area contributed by atoms with Crippen molar-refractivity contribution in [2.75, 3.05) is 0 Å². The maximum Gasteiger partial charge on any atom is 0.136 e. The molecule has 1 aliphatic carbocycles. The number of benzene rings is 7. The number of hydrogen-bond acceptors (Lipinski definition) is 1. The first-order chi connectivity index (χ1) is 20.8. The van der Waals surface area contributed by atoms with Crippen LogP contribution < -0.4 is 0 Å². The molecule has 0 amide bonds. The van der Waals surface area contributed by atoms with Crippen LogP contribution in [0.25, 0.3) is 93.6 Å². The summed E-state index contributed by atoms with van der Waals surface area (Å²) < 4.78 is 8.85. The lowest BCUT2D eigenvalue weighted by Gasteiger charge is -2.14. The molecule has 0 fully saturated rings. The Bertz CT molecular complexity index is 2560. The Hall–Kier alpha value is -5.60. The Kier molecular flexibility index (Phi) is 4.21. The van der Waals surface area contributed by atoms with Gasteiger partial charge in [0, 0.05) is 27.2 Å². The van der Waals surface area contributed by atoms with E-state index in [2.05, 4.69) is 138 Å². The van der Waals surface area contributed by atoms with E-state index in [1.165, 1.54) is 71.6 Å². The zero-order valence-electron chi connectivity index (χ0n) is 22.6. The molecule has 0 bridgehead atoms. The molecule has 0 N–H and O–H groups in total. The summed E-state index contributed by atoms with van der Waals surface area (Å²) in [5.74, 6) is 0. The molecule has 0 spiro atoms. The molecule has 9 aromatic rings. The van der Waals surface area contributed by atoms with Crippen molar-refractivity contribution < 1.29 is 4.42 Å². The lowest BCUT2D eigenvalue weighted by Crippen LogP contribution is -1.95. The molecule has 194 valence electrons. The maximum atomic E-state index is 6.40. The molecule has 1 aliphatic rings. The van der Waals surface area contributed by atoms with Gasteiger partial charge in [0.1, 0.15) is 11.2 Å². The molecule has 2 heterocycles. The summed E-state index contributed by atoms with van der Waals surface area (Å²) in [4.78, 5) is 0. The van der Waals surface area contributed by atoms with Gasteiger partial charge in [0.2, 0.25) is 0 Å². The Morgan fingerprint density at radius 3 is 2.07 bits per heavy atom. The number of fused-ring (bicyclic) bond motifs is 6. The summed E-state index contributed by atoms with van der Waals surface area (Å²) in [7, 11) is 0. The molecule has 0 unspecified atom stereocenters. The smallest absolute Gasteiger partial charge is 0.136 e. The number of hydrogen-bond donors (Lipinski definition) is 0. The molecular weight excluding hydrogens is 510 g/mol. The van der Waals surface area contributed by atoms with Crippen molar-refractivity contribution in [1.82, 2.24) is 4.57 Å². The number of nitrogens with zero attached hydrogens (tertiary/aromatic N) is 1. The predicted molar refractivity (Wildman–Crippen MR) is 175 cm³/mol. The highest BCUT2D eigenvalue weighted by atomic mass is 16.3. The first-order valence-electron chi connectivity index (χ1n) is 14.4. The molecule has 42 heavy (non-hydrogen) atoms. The second kappa shape index (κ2) is 7.99. The highest BCUT2D eigenvalue weighted by molar-refractivity contribution is 6.31. The zero-order chi connectivity index (χ0) is 27.4. The Balaban J connectivity index is 1.36. The monoisotopic (exact) mass is 533 g/mol. The van der Waals surface area contributed by atoms with Crippen molar-refractivity contribution in [3.05, 3.63) is 140 Å². The minimum Gasteiger partial charge on any atom is -0.456 e. The standard InChI is InChI=1S/C40H23NO/c1-2-9-24(10-3-1)26-12-6-13-27(21-26)41-34-17-8-16-30-32-23-37-33(28-14-4-5-18-36(28)42-37)22-31(32)29-15-7-11-25-19-20-35(41)40(38(25)29)39(30)34/h1-23H. The van der Waals surface area contributed by atoms with Crippen LogP contribution in [0.1, 0.15) is 0 Å². The van der Waals surface area contributed by atoms with Gasteiger partial charge in [0.05, 0.1) is 11.0 Å². The maximum absolute atomic E-state index is 6.40. The lowest BCUT2D eigenvalue weighted by atomic mass is 9.92. The minimum absolute atomic E-state index is 0.927. The van der Waals surface area contributed by atoms with E-state index in [1.807, 2.05) is 6.07 Å². The van der Waals surface area contributed by atoms with Gasteiger partial charge in [-0.1, -0.05) is 97.1 Å². The highest BCUT2D eigenvalue weighted by Crippen LogP contribution is 2.51. The van der Waals surface area contributed by atoms with Gasteiger partial charge in [-0.3, -0.25) is 0 Å². The van der Waals surface area contributed by atoms with Gasteiger partial charge in [0.15, 0.2) is 0 Å². The molecule has 2 nitrogen and oxygen atoms in total. The molecule has 2 aromatic heterocycles. The van der Waals surface area contributed by atoms with Gasteiger partial charge in [-0.2, -0.15) is 0 Å². The molecule has 10 rings (SSSR count). The molecule has 0 saturated heterocycles. The number of aromatic nitrogens is 1. The molecular formula is C40H23NO. The quantitative estimate of drug-likeness (QED) is 0.216. The van der Waals surface area contributed by atoms with Crippen molar-refractivity contribution in [3.8, 4) is 39.1 Å². The van der Waals surface area contributed by atoms with Crippen LogP contribution in [0, 0.1) is 0 Å². The van der Waals surface area contributed by atoms with Gasteiger partial charge >= 0.3 is 0 Å². The van der Waals surface area contributed by atoms with Crippen molar-refractivity contribution >= 4 is 54.5 Å². The summed E-state index contributed by atoms with van der Waals surface area (Å²) in [6.07, 6.45) is 0. The Morgan fingerprint density at radius 2 is 1.14 bits per heavy atom. The van der Waals surface area contributed by atoms with Crippen molar-refractivity contribution in [2.24, 2.45) is 0 Å². The Labute approximate surface area is 241 Å². The number of para-hydroxylation sites is 1. The number of furan rings is 1. The molecule has 2 heteroatoms. The van der Waals surface area contributed by atoms with Gasteiger partial charge in [0.25, 0.3) is 0 Å². The highest BCUT2D eigenvalue weighted by Gasteiger charge is 2.26. The van der Waals surface area contributed by atoms with Crippen LogP contribution in [-0.2, 0) is 0 Å². The fourth-order valence-electron chi connectivity index (χ4n) is 7.33. The van der Waals surface area contributed by atoms with Crippen LogP contribution in [-0.4, -0.2) is 4.57 Å². The van der Waals surface area contributed by atoms with Gasteiger partial charge in [-0.05, 0) is 86.6 Å². The van der Waals surface area contributed by atoms with E-state index < -0.39 is 0 Å². The summed E-state index contributed by atoms with van der Waals surface area (Å²) >= 11 is 0. The van der Waals surface area contributed by atoms with Gasteiger partial charge < -0.3 is 8.98 Å². The van der Waals surface area contributed by atoms with Crippen LogP contribution in [0.5, 0.6) is 0 Å². The SMILES string of the molecule is c1ccc(-c2cccc(-n3c4cccc5c4c4c6c(cccc6ccc43)-c3cc4c(cc3-5)oc3ccccc34)c2)cc1. The van der Waals surface area contributed by atoms with Crippen molar-refractivity contribution in [1.29, 1.82) is 0 Å². The molecule has 0 radical (unpaired) electrons. The average Bonchev–Trinajstić information content (AvgIpc) is 3.56. The van der Waals surface area contributed by atoms with Crippen LogP contribution in [0.15, 0.2) is 144 Å². The van der Waals surface area contributed by atoms with E-state index in [4.69, 9.17) is 4.42 Å². The summed E-state index contributed by atoms with van der Waals surface area (Å²) in [5, 5.41) is 7.51. The summed E-state index contributed by atoms with van der Waals surface area (Å²) in [6, 6.07) is 50.6. The van der Waals surface area contributed by atoms with Crippen molar-refractivity contribution in [2.45, 2.75) is 0 Å². The second-order valence-electron chi connectivity index (χ2n) is 11.3. The third-order valence-corrected chi connectivity index (χ3v) is 9.11. The first-order valence-corrected chi connectivity index (χ1v) is 14.4. The minimum atomic E-state index is 0.927. The van der Waals surface area contributed by atoms with E-state index in [0.717, 1.165) is 21.9 Å². The van der Waals surface area contributed by atoms with Crippen LogP contribution in [0.3, 0.4) is 0 Å². The second-order valence-corrected chi connectivity index (χ2v) is 11.3. The lowest BCUT2D eigenvalue weighted by molar-refractivity contribution is 0.669. The average molecular weight is 534 g/mol. The molecule has 0 saturated carbocycles.